The number of esters is 1. The molecule has 0 bridgehead atoms. The van der Waals surface area contributed by atoms with Crippen LogP contribution in [0.5, 0.6) is 5.88 Å². The fourth-order valence-electron chi connectivity index (χ4n) is 1.32. The number of rotatable bonds is 3. The zero-order valence-electron chi connectivity index (χ0n) is 9.20. The second-order valence-electron chi connectivity index (χ2n) is 3.42. The van der Waals surface area contributed by atoms with Crippen LogP contribution >= 0.6 is 0 Å². The first kappa shape index (κ1) is 11.3. The first-order valence-electron chi connectivity index (χ1n) is 5.00. The van der Waals surface area contributed by atoms with Gasteiger partial charge in [-0.05, 0) is 17.7 Å². The molecule has 2 aromatic rings. The first-order valence-corrected chi connectivity index (χ1v) is 5.00. The number of carbonyl (C=O) groups is 1. The van der Waals surface area contributed by atoms with Gasteiger partial charge in [0.1, 0.15) is 0 Å². The van der Waals surface area contributed by atoms with E-state index in [-0.39, 0.29) is 12.5 Å². The Morgan fingerprint density at radius 2 is 2.12 bits per heavy atom. The Balaban J connectivity index is 2.21. The van der Waals surface area contributed by atoms with Crippen molar-refractivity contribution in [2.45, 2.75) is 13.5 Å². The summed E-state index contributed by atoms with van der Waals surface area (Å²) in [5, 5.41) is 16.4. The van der Waals surface area contributed by atoms with Gasteiger partial charge in [-0.1, -0.05) is 22.4 Å². The Labute approximate surface area is 97.4 Å². The number of benzene rings is 1. The Morgan fingerprint density at radius 3 is 2.71 bits per heavy atom. The lowest BCUT2D eigenvalue weighted by atomic mass is 10.2. The minimum absolute atomic E-state index is 0.00364. The Bertz CT molecular complexity index is 519. The van der Waals surface area contributed by atoms with Crippen molar-refractivity contribution >= 4 is 5.97 Å². The van der Waals surface area contributed by atoms with E-state index in [4.69, 9.17) is 9.84 Å². The molecule has 1 aromatic heterocycles. The summed E-state index contributed by atoms with van der Waals surface area (Å²) in [7, 11) is 0. The number of aromatic nitrogens is 3. The predicted octanol–water partition coefficient (Wildman–Crippen LogP) is 0.685. The fraction of sp³-hybridized carbons (Fsp3) is 0.182. The molecule has 0 saturated heterocycles. The average Bonchev–Trinajstić information content (AvgIpc) is 2.77. The maximum absolute atomic E-state index is 10.7. The van der Waals surface area contributed by atoms with Crippen LogP contribution in [0.15, 0.2) is 30.5 Å². The summed E-state index contributed by atoms with van der Waals surface area (Å²) >= 11 is 0. The average molecular weight is 233 g/mol. The van der Waals surface area contributed by atoms with E-state index in [2.05, 4.69) is 10.3 Å². The maximum Gasteiger partial charge on any atom is 0.309 e. The summed E-state index contributed by atoms with van der Waals surface area (Å²) in [6, 6.07) is 7.14. The summed E-state index contributed by atoms with van der Waals surface area (Å²) in [6.45, 7) is 1.30. The molecule has 0 spiro atoms. The van der Waals surface area contributed by atoms with Gasteiger partial charge in [0.15, 0.2) is 0 Å². The lowest BCUT2D eigenvalue weighted by Crippen LogP contribution is -2.01. The number of aliphatic hydroxyl groups excluding tert-OH is 1. The van der Waals surface area contributed by atoms with Crippen molar-refractivity contribution in [2.75, 3.05) is 0 Å². The van der Waals surface area contributed by atoms with Crippen LogP contribution in [0.25, 0.3) is 5.69 Å². The molecule has 0 saturated carbocycles. The van der Waals surface area contributed by atoms with E-state index < -0.39 is 5.97 Å². The van der Waals surface area contributed by atoms with E-state index in [1.165, 1.54) is 17.8 Å². The largest absolute Gasteiger partial charge is 0.404 e. The predicted molar refractivity (Wildman–Crippen MR) is 58.6 cm³/mol. The van der Waals surface area contributed by atoms with E-state index in [9.17, 15) is 4.79 Å². The summed E-state index contributed by atoms with van der Waals surface area (Å²) in [5.74, 6) is -0.281. The lowest BCUT2D eigenvalue weighted by molar-refractivity contribution is -0.132. The molecule has 0 fully saturated rings. The zero-order chi connectivity index (χ0) is 12.3. The molecule has 2 rings (SSSR count). The van der Waals surface area contributed by atoms with Crippen LogP contribution in [0.1, 0.15) is 12.5 Å². The summed E-state index contributed by atoms with van der Waals surface area (Å²) in [4.78, 5) is 10.7. The van der Waals surface area contributed by atoms with Gasteiger partial charge in [-0.15, -0.1) is 0 Å². The van der Waals surface area contributed by atoms with Crippen molar-refractivity contribution in [1.29, 1.82) is 0 Å². The summed E-state index contributed by atoms with van der Waals surface area (Å²) < 4.78 is 6.27. The molecule has 1 aromatic carbocycles. The van der Waals surface area contributed by atoms with Crippen LogP contribution in [0.3, 0.4) is 0 Å². The number of nitrogens with zero attached hydrogens (tertiary/aromatic N) is 3. The quantitative estimate of drug-likeness (QED) is 0.789. The molecule has 0 atom stereocenters. The second-order valence-corrected chi connectivity index (χ2v) is 3.42. The molecule has 88 valence electrons. The smallest absolute Gasteiger partial charge is 0.309 e. The van der Waals surface area contributed by atoms with Gasteiger partial charge in [0.2, 0.25) is 0 Å². The van der Waals surface area contributed by atoms with Crippen LogP contribution in [0, 0.1) is 0 Å². The van der Waals surface area contributed by atoms with E-state index in [1.807, 2.05) is 0 Å². The normalized spacial score (nSPS) is 10.2. The highest BCUT2D eigenvalue weighted by molar-refractivity contribution is 5.68. The minimum Gasteiger partial charge on any atom is -0.404 e. The molecule has 6 nitrogen and oxygen atoms in total. The van der Waals surface area contributed by atoms with Crippen LogP contribution in [0.4, 0.5) is 0 Å². The van der Waals surface area contributed by atoms with Crippen molar-refractivity contribution in [3.8, 4) is 11.6 Å². The van der Waals surface area contributed by atoms with Crippen LogP contribution in [-0.2, 0) is 11.4 Å². The Morgan fingerprint density at radius 1 is 1.41 bits per heavy atom. The highest BCUT2D eigenvalue weighted by Crippen LogP contribution is 2.12. The van der Waals surface area contributed by atoms with E-state index >= 15 is 0 Å². The van der Waals surface area contributed by atoms with Crippen molar-refractivity contribution in [3.05, 3.63) is 36.0 Å². The molecule has 17 heavy (non-hydrogen) atoms. The highest BCUT2D eigenvalue weighted by atomic mass is 16.5. The zero-order valence-corrected chi connectivity index (χ0v) is 9.20. The van der Waals surface area contributed by atoms with Crippen molar-refractivity contribution in [1.82, 2.24) is 15.0 Å². The summed E-state index contributed by atoms with van der Waals surface area (Å²) in [5.41, 5.74) is 1.59. The Kier molecular flexibility index (Phi) is 3.15. The molecular weight excluding hydrogens is 222 g/mol. The molecule has 0 aliphatic heterocycles. The monoisotopic (exact) mass is 233 g/mol. The number of aliphatic hydroxyl groups is 1. The minimum atomic E-state index is -0.437. The number of hydrogen-bond acceptors (Lipinski definition) is 5. The number of ether oxygens (including phenoxy) is 1. The van der Waals surface area contributed by atoms with Crippen LogP contribution < -0.4 is 4.74 Å². The highest BCUT2D eigenvalue weighted by Gasteiger charge is 2.05. The number of carbonyl (C=O) groups excluding carboxylic acids is 1. The first-order chi connectivity index (χ1) is 8.19. The van der Waals surface area contributed by atoms with Gasteiger partial charge < -0.3 is 9.84 Å². The van der Waals surface area contributed by atoms with E-state index in [0.717, 1.165) is 11.3 Å². The van der Waals surface area contributed by atoms with Gasteiger partial charge >= 0.3 is 5.97 Å². The van der Waals surface area contributed by atoms with Gasteiger partial charge in [-0.2, -0.15) is 0 Å². The molecule has 0 aliphatic carbocycles. The van der Waals surface area contributed by atoms with E-state index in [0.29, 0.717) is 0 Å². The topological polar surface area (TPSA) is 77.2 Å². The fourth-order valence-corrected chi connectivity index (χ4v) is 1.32. The number of hydrogen-bond donors (Lipinski definition) is 1. The SMILES string of the molecule is CC(=O)Oc1cn(-c2ccc(CO)cc2)nn1. The second kappa shape index (κ2) is 4.75. The Hall–Kier alpha value is -2.21. The van der Waals surface area contributed by atoms with Crippen LogP contribution in [0.2, 0.25) is 0 Å². The van der Waals surface area contributed by atoms with Crippen molar-refractivity contribution < 1.29 is 14.6 Å². The molecule has 1 heterocycles. The van der Waals surface area contributed by atoms with E-state index in [1.54, 1.807) is 24.3 Å². The third kappa shape index (κ3) is 2.67. The van der Waals surface area contributed by atoms with Crippen molar-refractivity contribution in [2.24, 2.45) is 0 Å². The third-order valence-electron chi connectivity index (χ3n) is 2.10. The van der Waals surface area contributed by atoms with Crippen LogP contribution in [-0.4, -0.2) is 26.1 Å². The van der Waals surface area contributed by atoms with Gasteiger partial charge in [-0.25, -0.2) is 4.68 Å². The lowest BCUT2D eigenvalue weighted by Gasteiger charge is -2.00. The standard InChI is InChI=1S/C11H11N3O3/c1-8(16)17-11-6-14(13-12-11)10-4-2-9(7-15)3-5-10/h2-6,15H,7H2,1H3. The maximum atomic E-state index is 10.7. The van der Waals surface area contributed by atoms with Gasteiger partial charge in [0.05, 0.1) is 18.5 Å². The molecule has 0 unspecified atom stereocenters. The third-order valence-corrected chi connectivity index (χ3v) is 2.10. The van der Waals surface area contributed by atoms with Gasteiger partial charge in [0.25, 0.3) is 5.88 Å². The molecule has 0 aliphatic rings. The molecule has 0 amide bonds. The molecular formula is C11H11N3O3. The van der Waals surface area contributed by atoms with Gasteiger partial charge in [-0.3, -0.25) is 4.79 Å². The summed E-state index contributed by atoms with van der Waals surface area (Å²) in [6.07, 6.45) is 1.51. The molecule has 0 radical (unpaired) electrons. The molecule has 6 heteroatoms. The van der Waals surface area contributed by atoms with Gasteiger partial charge in [0, 0.05) is 6.92 Å². The van der Waals surface area contributed by atoms with Crippen molar-refractivity contribution in [3.63, 3.8) is 0 Å². The molecule has 1 N–H and O–H groups in total.